The van der Waals surface area contributed by atoms with Gasteiger partial charge in [0.15, 0.2) is 0 Å². The van der Waals surface area contributed by atoms with Gasteiger partial charge >= 0.3 is 0 Å². The molecule has 1 rings (SSSR count). The van der Waals surface area contributed by atoms with E-state index < -0.39 is 23.8 Å². The van der Waals surface area contributed by atoms with Crippen LogP contribution in [0.1, 0.15) is 32.8 Å². The second kappa shape index (κ2) is 15.6. The molecule has 0 bridgehead atoms. The summed E-state index contributed by atoms with van der Waals surface area (Å²) >= 11 is 2.86. The van der Waals surface area contributed by atoms with E-state index in [1.807, 2.05) is 57.2 Å². The van der Waals surface area contributed by atoms with Crippen LogP contribution in [0.3, 0.4) is 0 Å². The first-order valence-electron chi connectivity index (χ1n) is 10.8. The predicted octanol–water partition coefficient (Wildman–Crippen LogP) is 3.72. The number of likely N-dealkylation sites (N-methyl/N-ethyl adjacent to an activating group) is 1. The molecule has 9 heteroatoms. The van der Waals surface area contributed by atoms with Crippen LogP contribution in [-0.4, -0.2) is 41.8 Å². The molecule has 0 aliphatic heterocycles. The third kappa shape index (κ3) is 10.1. The Bertz CT molecular complexity index is 815. The molecule has 3 amide bonds. The number of rotatable bonds is 14. The number of hydroxylamine groups is 1. The van der Waals surface area contributed by atoms with Crippen LogP contribution in [0.4, 0.5) is 0 Å². The van der Waals surface area contributed by atoms with E-state index in [1.165, 1.54) is 30.6 Å². The summed E-state index contributed by atoms with van der Waals surface area (Å²) in [6.45, 7) is 9.52. The van der Waals surface area contributed by atoms with Crippen molar-refractivity contribution in [3.05, 3.63) is 58.2 Å². The molecular formula is C24H35N3O4S2. The lowest BCUT2D eigenvalue weighted by molar-refractivity contribution is -0.140. The maximum atomic E-state index is 13.4. The maximum absolute atomic E-state index is 13.4. The van der Waals surface area contributed by atoms with Gasteiger partial charge in [0.25, 0.3) is 0 Å². The average molecular weight is 494 g/mol. The molecule has 0 fully saturated rings. The highest BCUT2D eigenvalue weighted by Crippen LogP contribution is 2.33. The molecule has 4 N–H and O–H groups in total. The van der Waals surface area contributed by atoms with E-state index in [2.05, 4.69) is 17.2 Å². The van der Waals surface area contributed by atoms with Crippen molar-refractivity contribution in [2.75, 3.05) is 12.8 Å². The number of hydrogen-bond acceptors (Lipinski definition) is 6. The molecule has 1 aromatic rings. The predicted molar refractivity (Wildman–Crippen MR) is 137 cm³/mol. The van der Waals surface area contributed by atoms with E-state index in [4.69, 9.17) is 0 Å². The topological polar surface area (TPSA) is 108 Å². The van der Waals surface area contributed by atoms with Gasteiger partial charge in [-0.25, -0.2) is 5.48 Å². The monoisotopic (exact) mass is 493 g/mol. The molecule has 7 nitrogen and oxygen atoms in total. The number of benzene rings is 1. The summed E-state index contributed by atoms with van der Waals surface area (Å²) < 4.78 is 0.941. The van der Waals surface area contributed by atoms with E-state index in [0.29, 0.717) is 18.6 Å². The Morgan fingerprint density at radius 2 is 1.76 bits per heavy atom. The molecule has 0 saturated heterocycles. The van der Waals surface area contributed by atoms with Crippen LogP contribution in [0.25, 0.3) is 0 Å². The quantitative estimate of drug-likeness (QED) is 0.232. The van der Waals surface area contributed by atoms with Gasteiger partial charge in [-0.1, -0.05) is 68.6 Å². The van der Waals surface area contributed by atoms with Crippen molar-refractivity contribution in [1.82, 2.24) is 16.1 Å². The van der Waals surface area contributed by atoms with Crippen molar-refractivity contribution < 1.29 is 19.6 Å². The molecule has 0 aliphatic carbocycles. The molecule has 3 atom stereocenters. The SMILES string of the molecule is C=CS/C(=C\C)SC[C@H](C(=O)NO)C(CC(C)C)C(=O)N[C@H](Cc1ccccc1)C(=O)NC. The summed E-state index contributed by atoms with van der Waals surface area (Å²) in [5.41, 5.74) is 2.63. The second-order valence-electron chi connectivity index (χ2n) is 7.89. The minimum absolute atomic E-state index is 0.121. The van der Waals surface area contributed by atoms with Gasteiger partial charge in [0.1, 0.15) is 6.04 Å². The van der Waals surface area contributed by atoms with Crippen molar-refractivity contribution in [3.8, 4) is 0 Å². The average Bonchev–Trinajstić information content (AvgIpc) is 2.81. The van der Waals surface area contributed by atoms with Crippen molar-refractivity contribution in [3.63, 3.8) is 0 Å². The van der Waals surface area contributed by atoms with Gasteiger partial charge in [0.05, 0.1) is 11.8 Å². The fourth-order valence-electron chi connectivity index (χ4n) is 3.37. The second-order valence-corrected chi connectivity index (χ2v) is 10.2. The van der Waals surface area contributed by atoms with Crippen molar-refractivity contribution >= 4 is 41.2 Å². The number of allylic oxidation sites excluding steroid dienone is 1. The summed E-state index contributed by atoms with van der Waals surface area (Å²) in [4.78, 5) is 38.5. The third-order valence-electron chi connectivity index (χ3n) is 5.00. The molecule has 1 unspecified atom stereocenters. The first-order chi connectivity index (χ1) is 15.8. The Kier molecular flexibility index (Phi) is 13.6. The van der Waals surface area contributed by atoms with Gasteiger partial charge in [0, 0.05) is 23.5 Å². The number of thioether (sulfide) groups is 2. The molecule has 182 valence electrons. The van der Waals surface area contributed by atoms with Crippen LogP contribution in [-0.2, 0) is 20.8 Å². The van der Waals surface area contributed by atoms with Crippen LogP contribution in [0.15, 0.2) is 52.6 Å². The zero-order valence-electron chi connectivity index (χ0n) is 19.7. The molecular weight excluding hydrogens is 458 g/mol. The first kappa shape index (κ1) is 28.8. The molecule has 0 radical (unpaired) electrons. The minimum atomic E-state index is -0.787. The summed E-state index contributed by atoms with van der Waals surface area (Å²) in [6, 6.07) is 8.63. The smallest absolute Gasteiger partial charge is 0.248 e. The highest BCUT2D eigenvalue weighted by atomic mass is 32.2. The van der Waals surface area contributed by atoms with E-state index in [0.717, 1.165) is 9.80 Å². The summed E-state index contributed by atoms with van der Waals surface area (Å²) in [5.74, 6) is -2.42. The van der Waals surface area contributed by atoms with Crippen LogP contribution >= 0.6 is 23.5 Å². The number of hydrogen-bond donors (Lipinski definition) is 4. The third-order valence-corrected chi connectivity index (χ3v) is 7.32. The lowest BCUT2D eigenvalue weighted by atomic mass is 9.84. The van der Waals surface area contributed by atoms with Crippen molar-refractivity contribution in [1.29, 1.82) is 0 Å². The maximum Gasteiger partial charge on any atom is 0.248 e. The lowest BCUT2D eigenvalue weighted by Crippen LogP contribution is -2.51. The minimum Gasteiger partial charge on any atom is -0.357 e. The van der Waals surface area contributed by atoms with E-state index in [1.54, 1.807) is 10.9 Å². The molecule has 0 spiro atoms. The Morgan fingerprint density at radius 3 is 2.27 bits per heavy atom. The van der Waals surface area contributed by atoms with E-state index in [-0.39, 0.29) is 17.7 Å². The van der Waals surface area contributed by atoms with Gasteiger partial charge in [0.2, 0.25) is 17.7 Å². The van der Waals surface area contributed by atoms with Gasteiger partial charge in [-0.2, -0.15) is 0 Å². The molecule has 0 heterocycles. The van der Waals surface area contributed by atoms with Gasteiger partial charge in [-0.05, 0) is 30.2 Å². The highest BCUT2D eigenvalue weighted by Gasteiger charge is 2.36. The van der Waals surface area contributed by atoms with Crippen LogP contribution in [0.2, 0.25) is 0 Å². The van der Waals surface area contributed by atoms with Gasteiger partial charge in [-0.3, -0.25) is 19.6 Å². The molecule has 0 aliphatic rings. The zero-order valence-corrected chi connectivity index (χ0v) is 21.3. The van der Waals surface area contributed by atoms with Crippen LogP contribution in [0, 0.1) is 17.8 Å². The largest absolute Gasteiger partial charge is 0.357 e. The van der Waals surface area contributed by atoms with Crippen molar-refractivity contribution in [2.24, 2.45) is 17.8 Å². The number of nitrogens with one attached hydrogen (secondary N) is 3. The van der Waals surface area contributed by atoms with Crippen LogP contribution in [0.5, 0.6) is 0 Å². The van der Waals surface area contributed by atoms with Crippen molar-refractivity contribution in [2.45, 2.75) is 39.7 Å². The summed E-state index contributed by atoms with van der Waals surface area (Å²) in [5, 5.41) is 16.5. The highest BCUT2D eigenvalue weighted by molar-refractivity contribution is 8.23. The molecule has 0 saturated carbocycles. The number of amides is 3. The zero-order chi connectivity index (χ0) is 24.8. The summed E-state index contributed by atoms with van der Waals surface area (Å²) in [6.07, 6.45) is 2.66. The van der Waals surface area contributed by atoms with E-state index in [9.17, 15) is 19.6 Å². The Morgan fingerprint density at radius 1 is 1.09 bits per heavy atom. The summed E-state index contributed by atoms with van der Waals surface area (Å²) in [7, 11) is 1.52. The standard InChI is InChI=1S/C24H35N3O4S2/c1-6-21(32-7-2)33-15-19(23(29)27-31)18(13-16(3)4)22(28)26-20(24(30)25-5)14-17-11-9-8-10-12-17/h6-12,16,18-20,31H,2,13-15H2,1,3-5H3,(H,25,30)(H,26,28)(H,27,29)/b21-6+/t18?,19-,20+/m0/s1. The Balaban J connectivity index is 3.15. The van der Waals surface area contributed by atoms with Gasteiger partial charge < -0.3 is 10.6 Å². The molecule has 33 heavy (non-hydrogen) atoms. The Labute approximate surface area is 205 Å². The number of carbonyl (C=O) groups is 3. The van der Waals surface area contributed by atoms with Crippen LogP contribution < -0.4 is 16.1 Å². The fraction of sp³-hybridized carbons (Fsp3) is 0.458. The van der Waals surface area contributed by atoms with Gasteiger partial charge in [-0.15, -0.1) is 11.8 Å². The van der Waals surface area contributed by atoms with E-state index >= 15 is 0 Å². The molecule has 0 aromatic heterocycles. The first-order valence-corrected chi connectivity index (χ1v) is 12.7. The molecule has 1 aromatic carbocycles. The number of carbonyl (C=O) groups excluding carboxylic acids is 3. The lowest BCUT2D eigenvalue weighted by Gasteiger charge is -2.28. The normalized spacial score (nSPS) is 14.2. The Hall–Kier alpha value is -2.23. The fourth-order valence-corrected chi connectivity index (χ4v) is 5.25.